The number of hydrogen-bond acceptors (Lipinski definition) is 4. The van der Waals surface area contributed by atoms with Crippen molar-refractivity contribution >= 4 is 11.5 Å². The number of pyridine rings is 2. The number of anilines is 2. The number of alkyl halides is 3. The molecule has 2 aromatic rings. The van der Waals surface area contributed by atoms with Gasteiger partial charge in [-0.25, -0.2) is 4.98 Å². The highest BCUT2D eigenvalue weighted by atomic mass is 19.4. The SMILES string of the molecule is Nc1cc(N)c(C(F)(F)F)c(-c2ccncc2)n1. The van der Waals surface area contributed by atoms with Crippen molar-refractivity contribution in [2.45, 2.75) is 6.18 Å². The second-order valence-electron chi connectivity index (χ2n) is 3.59. The summed E-state index contributed by atoms with van der Waals surface area (Å²) in [4.78, 5) is 7.46. The van der Waals surface area contributed by atoms with Gasteiger partial charge in [0.25, 0.3) is 0 Å². The zero-order chi connectivity index (χ0) is 13.3. The van der Waals surface area contributed by atoms with E-state index in [1.54, 1.807) is 0 Å². The largest absolute Gasteiger partial charge is 0.420 e. The molecule has 7 heteroatoms. The Morgan fingerprint density at radius 1 is 1.06 bits per heavy atom. The van der Waals surface area contributed by atoms with Gasteiger partial charge in [-0.3, -0.25) is 4.98 Å². The minimum Gasteiger partial charge on any atom is -0.398 e. The molecule has 0 amide bonds. The van der Waals surface area contributed by atoms with Gasteiger partial charge in [-0.05, 0) is 12.1 Å². The van der Waals surface area contributed by atoms with E-state index in [2.05, 4.69) is 9.97 Å². The van der Waals surface area contributed by atoms with Crippen LogP contribution in [-0.2, 0) is 6.18 Å². The standard InChI is InChI=1S/C11H9F3N4/c12-11(13,14)9-7(15)5-8(16)18-10(9)6-1-3-17-4-2-6/h1-5H,(H4,15,16,18). The summed E-state index contributed by atoms with van der Waals surface area (Å²) in [7, 11) is 0. The summed E-state index contributed by atoms with van der Waals surface area (Å²) >= 11 is 0. The number of nitrogens with zero attached hydrogens (tertiary/aromatic N) is 2. The number of nitrogen functional groups attached to an aromatic ring is 2. The Kier molecular flexibility index (Phi) is 2.82. The maximum absolute atomic E-state index is 13.0. The molecule has 18 heavy (non-hydrogen) atoms. The van der Waals surface area contributed by atoms with E-state index >= 15 is 0 Å². The summed E-state index contributed by atoms with van der Waals surface area (Å²) < 4.78 is 38.9. The summed E-state index contributed by atoms with van der Waals surface area (Å²) in [6.07, 6.45) is -1.85. The van der Waals surface area contributed by atoms with Crippen LogP contribution in [-0.4, -0.2) is 9.97 Å². The van der Waals surface area contributed by atoms with Crippen molar-refractivity contribution in [3.63, 3.8) is 0 Å². The van der Waals surface area contributed by atoms with Crippen LogP contribution in [0.25, 0.3) is 11.3 Å². The van der Waals surface area contributed by atoms with Crippen LogP contribution in [0.1, 0.15) is 5.56 Å². The molecule has 2 aromatic heterocycles. The molecular weight excluding hydrogens is 245 g/mol. The molecule has 0 aliphatic heterocycles. The molecule has 0 aromatic carbocycles. The normalized spacial score (nSPS) is 11.5. The van der Waals surface area contributed by atoms with Crippen LogP contribution in [0.4, 0.5) is 24.7 Å². The smallest absolute Gasteiger partial charge is 0.398 e. The highest BCUT2D eigenvalue weighted by molar-refractivity contribution is 5.72. The highest BCUT2D eigenvalue weighted by Gasteiger charge is 2.37. The summed E-state index contributed by atoms with van der Waals surface area (Å²) in [6.45, 7) is 0. The van der Waals surface area contributed by atoms with Crippen LogP contribution >= 0.6 is 0 Å². The molecule has 2 heterocycles. The average molecular weight is 254 g/mol. The van der Waals surface area contributed by atoms with Gasteiger partial charge >= 0.3 is 6.18 Å². The maximum Gasteiger partial charge on any atom is 0.420 e. The molecule has 0 saturated carbocycles. The second kappa shape index (κ2) is 4.17. The van der Waals surface area contributed by atoms with Crippen molar-refractivity contribution < 1.29 is 13.2 Å². The number of aromatic nitrogens is 2. The molecule has 0 fully saturated rings. The molecule has 0 aliphatic carbocycles. The third kappa shape index (κ3) is 2.20. The minimum absolute atomic E-state index is 0.0627. The van der Waals surface area contributed by atoms with E-state index < -0.39 is 17.4 Å². The lowest BCUT2D eigenvalue weighted by atomic mass is 10.0. The third-order valence-corrected chi connectivity index (χ3v) is 2.31. The van der Waals surface area contributed by atoms with Gasteiger partial charge in [0.1, 0.15) is 11.4 Å². The molecule has 4 nitrogen and oxygen atoms in total. The Morgan fingerprint density at radius 2 is 1.67 bits per heavy atom. The van der Waals surface area contributed by atoms with E-state index in [1.165, 1.54) is 24.5 Å². The fourth-order valence-electron chi connectivity index (χ4n) is 1.60. The lowest BCUT2D eigenvalue weighted by molar-refractivity contribution is -0.136. The molecular formula is C11H9F3N4. The van der Waals surface area contributed by atoms with E-state index in [4.69, 9.17) is 11.5 Å². The number of nitrogens with two attached hydrogens (primary N) is 2. The van der Waals surface area contributed by atoms with Crippen molar-refractivity contribution in [3.05, 3.63) is 36.2 Å². The van der Waals surface area contributed by atoms with E-state index in [1.807, 2.05) is 0 Å². The van der Waals surface area contributed by atoms with Crippen molar-refractivity contribution in [1.29, 1.82) is 0 Å². The number of halogens is 3. The molecule has 0 aliphatic rings. The monoisotopic (exact) mass is 254 g/mol. The van der Waals surface area contributed by atoms with Crippen LogP contribution in [0.5, 0.6) is 0 Å². The zero-order valence-corrected chi connectivity index (χ0v) is 9.07. The molecule has 0 bridgehead atoms. The average Bonchev–Trinajstić information content (AvgIpc) is 2.27. The van der Waals surface area contributed by atoms with Crippen molar-refractivity contribution in [2.75, 3.05) is 11.5 Å². The minimum atomic E-state index is -4.59. The predicted octanol–water partition coefficient (Wildman–Crippen LogP) is 2.33. The molecule has 0 atom stereocenters. The summed E-state index contributed by atoms with van der Waals surface area (Å²) in [5.41, 5.74) is 9.37. The van der Waals surface area contributed by atoms with Gasteiger partial charge in [0.2, 0.25) is 0 Å². The zero-order valence-electron chi connectivity index (χ0n) is 9.07. The summed E-state index contributed by atoms with van der Waals surface area (Å²) in [6, 6.07) is 3.82. The van der Waals surface area contributed by atoms with Crippen molar-refractivity contribution in [2.24, 2.45) is 0 Å². The maximum atomic E-state index is 13.0. The first-order chi connectivity index (χ1) is 8.39. The Hall–Kier alpha value is -2.31. The van der Waals surface area contributed by atoms with Crippen LogP contribution in [0.3, 0.4) is 0 Å². The predicted molar refractivity (Wildman–Crippen MR) is 61.3 cm³/mol. The third-order valence-electron chi connectivity index (χ3n) is 2.31. The van der Waals surface area contributed by atoms with Crippen LogP contribution < -0.4 is 11.5 Å². The lowest BCUT2D eigenvalue weighted by Gasteiger charge is -2.15. The van der Waals surface area contributed by atoms with Crippen molar-refractivity contribution in [3.8, 4) is 11.3 Å². The highest BCUT2D eigenvalue weighted by Crippen LogP contribution is 2.40. The van der Waals surface area contributed by atoms with Gasteiger partial charge in [0, 0.05) is 29.7 Å². The fourth-order valence-corrected chi connectivity index (χ4v) is 1.60. The van der Waals surface area contributed by atoms with E-state index in [9.17, 15) is 13.2 Å². The number of hydrogen-bond donors (Lipinski definition) is 2. The first-order valence-corrected chi connectivity index (χ1v) is 4.93. The van der Waals surface area contributed by atoms with Gasteiger partial charge in [0.15, 0.2) is 0 Å². The molecule has 4 N–H and O–H groups in total. The van der Waals surface area contributed by atoms with Crippen LogP contribution in [0, 0.1) is 0 Å². The Morgan fingerprint density at radius 3 is 2.22 bits per heavy atom. The Labute approximate surface area is 100 Å². The summed E-state index contributed by atoms with van der Waals surface area (Å²) in [5, 5.41) is 0. The number of rotatable bonds is 1. The molecule has 0 unspecified atom stereocenters. The van der Waals surface area contributed by atoms with Gasteiger partial charge < -0.3 is 11.5 Å². The van der Waals surface area contributed by atoms with Crippen LogP contribution in [0.15, 0.2) is 30.6 Å². The fraction of sp³-hybridized carbons (Fsp3) is 0.0909. The first kappa shape index (κ1) is 12.2. The quantitative estimate of drug-likeness (QED) is 0.818. The Balaban J connectivity index is 2.74. The molecule has 94 valence electrons. The second-order valence-corrected chi connectivity index (χ2v) is 3.59. The molecule has 0 saturated heterocycles. The molecule has 2 rings (SSSR count). The van der Waals surface area contributed by atoms with Gasteiger partial charge in [-0.1, -0.05) is 0 Å². The summed E-state index contributed by atoms with van der Waals surface area (Å²) in [5.74, 6) is -0.0627. The lowest BCUT2D eigenvalue weighted by Crippen LogP contribution is -2.13. The van der Waals surface area contributed by atoms with Crippen LogP contribution in [0.2, 0.25) is 0 Å². The van der Waals surface area contributed by atoms with E-state index in [-0.39, 0.29) is 17.1 Å². The first-order valence-electron chi connectivity index (χ1n) is 4.93. The molecule has 0 spiro atoms. The topological polar surface area (TPSA) is 77.8 Å². The Bertz CT molecular complexity index is 566. The van der Waals surface area contributed by atoms with Gasteiger partial charge in [-0.2, -0.15) is 13.2 Å². The van der Waals surface area contributed by atoms with Gasteiger partial charge in [-0.15, -0.1) is 0 Å². The van der Waals surface area contributed by atoms with E-state index in [0.29, 0.717) is 0 Å². The van der Waals surface area contributed by atoms with Gasteiger partial charge in [0.05, 0.1) is 5.69 Å². The van der Waals surface area contributed by atoms with Crippen molar-refractivity contribution in [1.82, 2.24) is 9.97 Å². The van der Waals surface area contributed by atoms with E-state index in [0.717, 1.165) is 6.07 Å². The molecule has 0 radical (unpaired) electrons.